The molecule has 0 aromatic heterocycles. The molecular formula is C25H27FN2O4S. The molecule has 0 bridgehead atoms. The van der Waals surface area contributed by atoms with Gasteiger partial charge in [0.25, 0.3) is 10.0 Å². The van der Waals surface area contributed by atoms with Crippen LogP contribution in [0.25, 0.3) is 0 Å². The highest BCUT2D eigenvalue weighted by atomic mass is 32.2. The highest BCUT2D eigenvalue weighted by Crippen LogP contribution is 2.26. The van der Waals surface area contributed by atoms with Crippen LogP contribution in [-0.4, -0.2) is 27.5 Å². The summed E-state index contributed by atoms with van der Waals surface area (Å²) in [5.41, 5.74) is 2.30. The Morgan fingerprint density at radius 1 is 1.00 bits per heavy atom. The van der Waals surface area contributed by atoms with Gasteiger partial charge in [0, 0.05) is 0 Å². The van der Waals surface area contributed by atoms with Crippen LogP contribution in [0.3, 0.4) is 0 Å². The molecule has 0 aliphatic rings. The molecule has 174 valence electrons. The molecule has 1 atom stereocenters. The number of halogens is 1. The first-order valence-corrected chi connectivity index (χ1v) is 12.0. The van der Waals surface area contributed by atoms with Crippen LogP contribution in [0.4, 0.5) is 10.1 Å². The van der Waals surface area contributed by atoms with E-state index in [0.29, 0.717) is 18.0 Å². The Hall–Kier alpha value is -3.39. The van der Waals surface area contributed by atoms with Crippen LogP contribution in [0.5, 0.6) is 5.75 Å². The van der Waals surface area contributed by atoms with Gasteiger partial charge in [0.2, 0.25) is 5.91 Å². The van der Waals surface area contributed by atoms with E-state index in [1.807, 2.05) is 45.0 Å². The summed E-state index contributed by atoms with van der Waals surface area (Å²) in [6.45, 7) is 5.68. The van der Waals surface area contributed by atoms with Gasteiger partial charge in [-0.3, -0.25) is 9.10 Å². The van der Waals surface area contributed by atoms with E-state index in [0.717, 1.165) is 27.6 Å². The number of hydrogen-bond donors (Lipinski definition) is 1. The van der Waals surface area contributed by atoms with Gasteiger partial charge in [0.1, 0.15) is 18.1 Å². The van der Waals surface area contributed by atoms with Gasteiger partial charge in [0.05, 0.1) is 23.2 Å². The molecule has 0 fully saturated rings. The summed E-state index contributed by atoms with van der Waals surface area (Å²) >= 11 is 0. The third-order valence-electron chi connectivity index (χ3n) is 5.08. The second kappa shape index (κ2) is 10.5. The van der Waals surface area contributed by atoms with Crippen molar-refractivity contribution in [1.29, 1.82) is 0 Å². The molecule has 3 aromatic rings. The van der Waals surface area contributed by atoms with E-state index in [-0.39, 0.29) is 10.9 Å². The first-order valence-electron chi connectivity index (χ1n) is 10.6. The molecule has 0 aliphatic heterocycles. The molecule has 0 aliphatic carbocycles. The third kappa shape index (κ3) is 6.10. The summed E-state index contributed by atoms with van der Waals surface area (Å²) in [6.07, 6.45) is 0. The maximum absolute atomic E-state index is 13.4. The average Bonchev–Trinajstić information content (AvgIpc) is 2.79. The topological polar surface area (TPSA) is 75.7 Å². The Bertz CT molecular complexity index is 1180. The van der Waals surface area contributed by atoms with Gasteiger partial charge in [-0.25, -0.2) is 12.8 Å². The zero-order valence-electron chi connectivity index (χ0n) is 18.8. The summed E-state index contributed by atoms with van der Waals surface area (Å²) in [5, 5.41) is 2.85. The molecule has 33 heavy (non-hydrogen) atoms. The summed E-state index contributed by atoms with van der Waals surface area (Å²) in [6, 6.07) is 18.3. The second-order valence-corrected chi connectivity index (χ2v) is 9.45. The number of amides is 1. The van der Waals surface area contributed by atoms with Crippen molar-refractivity contribution in [2.75, 3.05) is 17.5 Å². The minimum atomic E-state index is -4.13. The Kier molecular flexibility index (Phi) is 7.71. The zero-order chi connectivity index (χ0) is 24.0. The van der Waals surface area contributed by atoms with Crippen LogP contribution < -0.4 is 14.4 Å². The maximum atomic E-state index is 13.4. The highest BCUT2D eigenvalue weighted by molar-refractivity contribution is 7.92. The van der Waals surface area contributed by atoms with E-state index in [1.165, 1.54) is 12.1 Å². The van der Waals surface area contributed by atoms with Crippen molar-refractivity contribution in [2.45, 2.75) is 31.7 Å². The second-order valence-electron chi connectivity index (χ2n) is 7.59. The van der Waals surface area contributed by atoms with Crippen molar-refractivity contribution in [3.05, 3.63) is 89.7 Å². The summed E-state index contributed by atoms with van der Waals surface area (Å²) in [5.74, 6) is -0.438. The molecule has 8 heteroatoms. The number of benzene rings is 3. The monoisotopic (exact) mass is 470 g/mol. The molecule has 0 radical (unpaired) electrons. The largest absolute Gasteiger partial charge is 0.494 e. The van der Waals surface area contributed by atoms with E-state index in [1.54, 1.807) is 24.3 Å². The van der Waals surface area contributed by atoms with Gasteiger partial charge in [-0.2, -0.15) is 0 Å². The van der Waals surface area contributed by atoms with Crippen molar-refractivity contribution in [3.8, 4) is 5.75 Å². The molecule has 6 nitrogen and oxygen atoms in total. The van der Waals surface area contributed by atoms with Gasteiger partial charge < -0.3 is 10.1 Å². The van der Waals surface area contributed by atoms with E-state index in [4.69, 9.17) is 4.74 Å². The zero-order valence-corrected chi connectivity index (χ0v) is 19.6. The van der Waals surface area contributed by atoms with E-state index < -0.39 is 28.3 Å². The fourth-order valence-corrected chi connectivity index (χ4v) is 4.70. The quantitative estimate of drug-likeness (QED) is 0.496. The molecular weight excluding hydrogens is 443 g/mol. The van der Waals surface area contributed by atoms with Gasteiger partial charge in [-0.05, 0) is 74.9 Å². The average molecular weight is 471 g/mol. The number of ether oxygens (including phenoxy) is 1. The molecule has 0 spiro atoms. The van der Waals surface area contributed by atoms with Crippen molar-refractivity contribution in [1.82, 2.24) is 5.32 Å². The van der Waals surface area contributed by atoms with Crippen molar-refractivity contribution < 1.29 is 22.3 Å². The standard InChI is InChI=1S/C25H27FN2O4S/c1-4-32-23-13-11-22(12-14-23)28(33(30,31)24-15-9-21(26)10-16-24)17-25(29)27-19(3)20-7-5-18(2)6-8-20/h5-16,19H,4,17H2,1-3H3,(H,27,29)/t19-/m0/s1. The third-order valence-corrected chi connectivity index (χ3v) is 6.87. The van der Waals surface area contributed by atoms with Crippen LogP contribution in [0.15, 0.2) is 77.7 Å². The lowest BCUT2D eigenvalue weighted by Crippen LogP contribution is -2.41. The first kappa shape index (κ1) is 24.3. The highest BCUT2D eigenvalue weighted by Gasteiger charge is 2.28. The van der Waals surface area contributed by atoms with E-state index in [9.17, 15) is 17.6 Å². The molecule has 1 N–H and O–H groups in total. The predicted octanol–water partition coefficient (Wildman–Crippen LogP) is 4.61. The molecule has 3 aromatic carbocycles. The lowest BCUT2D eigenvalue weighted by Gasteiger charge is -2.25. The number of aryl methyl sites for hydroxylation is 1. The van der Waals surface area contributed by atoms with Crippen LogP contribution in [0.1, 0.15) is 31.0 Å². The molecule has 0 unspecified atom stereocenters. The molecule has 3 rings (SSSR count). The smallest absolute Gasteiger partial charge is 0.264 e. The fraction of sp³-hybridized carbons (Fsp3) is 0.240. The summed E-state index contributed by atoms with van der Waals surface area (Å²) < 4.78 is 46.6. The minimum Gasteiger partial charge on any atom is -0.494 e. The van der Waals surface area contributed by atoms with Gasteiger partial charge in [-0.1, -0.05) is 29.8 Å². The fourth-order valence-electron chi connectivity index (χ4n) is 3.28. The van der Waals surface area contributed by atoms with Crippen molar-refractivity contribution in [2.24, 2.45) is 0 Å². The lowest BCUT2D eigenvalue weighted by molar-refractivity contribution is -0.120. The number of sulfonamides is 1. The van der Waals surface area contributed by atoms with Crippen LogP contribution in [-0.2, 0) is 14.8 Å². The van der Waals surface area contributed by atoms with Gasteiger partial charge >= 0.3 is 0 Å². The predicted molar refractivity (Wildman–Crippen MR) is 126 cm³/mol. The Morgan fingerprint density at radius 3 is 2.18 bits per heavy atom. The minimum absolute atomic E-state index is 0.114. The van der Waals surface area contributed by atoms with E-state index >= 15 is 0 Å². The number of hydrogen-bond acceptors (Lipinski definition) is 4. The van der Waals surface area contributed by atoms with Crippen LogP contribution in [0, 0.1) is 12.7 Å². The Balaban J connectivity index is 1.88. The first-order chi connectivity index (χ1) is 15.7. The van der Waals surface area contributed by atoms with Crippen LogP contribution >= 0.6 is 0 Å². The molecule has 0 saturated heterocycles. The molecule has 1 amide bonds. The number of nitrogens with one attached hydrogen (secondary N) is 1. The summed E-state index contributed by atoms with van der Waals surface area (Å²) in [7, 11) is -4.13. The number of anilines is 1. The molecule has 0 heterocycles. The normalized spacial score (nSPS) is 12.1. The number of carbonyl (C=O) groups excluding carboxylic acids is 1. The Labute approximate surface area is 194 Å². The van der Waals surface area contributed by atoms with Gasteiger partial charge in [0.15, 0.2) is 0 Å². The lowest BCUT2D eigenvalue weighted by atomic mass is 10.1. The van der Waals surface area contributed by atoms with Gasteiger partial charge in [-0.15, -0.1) is 0 Å². The van der Waals surface area contributed by atoms with Crippen LogP contribution in [0.2, 0.25) is 0 Å². The number of rotatable bonds is 9. The number of carbonyl (C=O) groups is 1. The van der Waals surface area contributed by atoms with E-state index in [2.05, 4.69) is 5.32 Å². The summed E-state index contributed by atoms with van der Waals surface area (Å²) in [4.78, 5) is 12.8. The van der Waals surface area contributed by atoms with Crippen molar-refractivity contribution in [3.63, 3.8) is 0 Å². The SMILES string of the molecule is CCOc1ccc(N(CC(=O)N[C@@H](C)c2ccc(C)cc2)S(=O)(=O)c2ccc(F)cc2)cc1. The maximum Gasteiger partial charge on any atom is 0.264 e. The molecule has 0 saturated carbocycles. The number of nitrogens with zero attached hydrogens (tertiary/aromatic N) is 1. The Morgan fingerprint density at radius 2 is 1.61 bits per heavy atom. The van der Waals surface area contributed by atoms with Crippen molar-refractivity contribution >= 4 is 21.6 Å².